The van der Waals surface area contributed by atoms with Gasteiger partial charge >= 0.3 is 0 Å². The third-order valence-corrected chi connectivity index (χ3v) is 3.55. The molecule has 0 radical (unpaired) electrons. The molecule has 2 rings (SSSR count). The Morgan fingerprint density at radius 1 is 1.35 bits per heavy atom. The van der Waals surface area contributed by atoms with Crippen molar-refractivity contribution in [3.05, 3.63) is 34.4 Å². The quantitative estimate of drug-likeness (QED) is 0.573. The van der Waals surface area contributed by atoms with Gasteiger partial charge in [-0.15, -0.1) is 0 Å². The number of halogens is 2. The fraction of sp³-hybridized carbons (Fsp3) is 0.462. The molecule has 1 aliphatic rings. The van der Waals surface area contributed by atoms with Gasteiger partial charge in [0.05, 0.1) is 0 Å². The summed E-state index contributed by atoms with van der Waals surface area (Å²) in [5.74, 6) is -0.908. The van der Waals surface area contributed by atoms with E-state index in [1.54, 1.807) is 0 Å². The van der Waals surface area contributed by atoms with Crippen molar-refractivity contribution in [1.29, 1.82) is 0 Å². The molecule has 2 nitrogen and oxygen atoms in total. The van der Waals surface area contributed by atoms with Crippen molar-refractivity contribution in [1.82, 2.24) is 0 Å². The van der Waals surface area contributed by atoms with E-state index in [2.05, 4.69) is 4.99 Å². The molecule has 0 unspecified atom stereocenters. The Hall–Kier alpha value is -1.54. The molecule has 0 aromatic heterocycles. The SMILES string of the molecule is Cc1cc(F)c(C)c(C2(N=C=O)CCC2)c1F. The van der Waals surface area contributed by atoms with Crippen molar-refractivity contribution in [3.8, 4) is 0 Å². The largest absolute Gasteiger partial charge is 0.235 e. The van der Waals surface area contributed by atoms with Crippen LogP contribution in [0, 0.1) is 25.5 Å². The lowest BCUT2D eigenvalue weighted by molar-refractivity contribution is 0.244. The molecule has 1 aliphatic carbocycles. The Morgan fingerprint density at radius 3 is 2.47 bits per heavy atom. The number of benzene rings is 1. The Morgan fingerprint density at radius 2 is 2.00 bits per heavy atom. The number of hydrogen-bond acceptors (Lipinski definition) is 2. The summed E-state index contributed by atoms with van der Waals surface area (Å²) < 4.78 is 27.8. The Kier molecular flexibility index (Phi) is 2.84. The predicted molar refractivity (Wildman–Crippen MR) is 59.5 cm³/mol. The molecule has 1 aromatic carbocycles. The van der Waals surface area contributed by atoms with Gasteiger partial charge in [-0.1, -0.05) is 0 Å². The zero-order valence-electron chi connectivity index (χ0n) is 9.81. The van der Waals surface area contributed by atoms with Crippen molar-refractivity contribution < 1.29 is 13.6 Å². The van der Waals surface area contributed by atoms with Crippen LogP contribution in [0.5, 0.6) is 0 Å². The maximum atomic E-state index is 14.1. The Labute approximate surface area is 98.4 Å². The highest BCUT2D eigenvalue weighted by molar-refractivity contribution is 5.44. The van der Waals surface area contributed by atoms with E-state index in [9.17, 15) is 13.6 Å². The second-order valence-electron chi connectivity index (χ2n) is 4.58. The summed E-state index contributed by atoms with van der Waals surface area (Å²) in [6.07, 6.45) is 3.49. The molecule has 4 heteroatoms. The zero-order chi connectivity index (χ0) is 12.6. The number of nitrogens with zero attached hydrogens (tertiary/aromatic N) is 1. The number of aryl methyl sites for hydroxylation is 1. The van der Waals surface area contributed by atoms with Gasteiger partial charge in [-0.3, -0.25) is 0 Å². The molecule has 0 bridgehead atoms. The molecular formula is C13H13F2NO. The van der Waals surface area contributed by atoms with Crippen LogP contribution in [-0.2, 0) is 10.3 Å². The standard InChI is InChI=1S/C13H13F2NO/c1-8-6-10(14)9(2)11(12(8)15)13(16-7-17)4-3-5-13/h6H,3-5H2,1-2H3. The molecule has 90 valence electrons. The average Bonchev–Trinajstić information content (AvgIpc) is 2.23. The second kappa shape index (κ2) is 4.04. The van der Waals surface area contributed by atoms with E-state index in [1.807, 2.05) is 0 Å². The first-order valence-corrected chi connectivity index (χ1v) is 5.56. The molecular weight excluding hydrogens is 224 g/mol. The van der Waals surface area contributed by atoms with Gasteiger partial charge in [0.1, 0.15) is 17.2 Å². The van der Waals surface area contributed by atoms with E-state index in [1.165, 1.54) is 26.0 Å². The lowest BCUT2D eigenvalue weighted by atomic mass is 9.70. The van der Waals surface area contributed by atoms with Crippen LogP contribution >= 0.6 is 0 Å². The van der Waals surface area contributed by atoms with Crippen molar-refractivity contribution >= 4 is 6.08 Å². The van der Waals surface area contributed by atoms with Crippen LogP contribution in [0.2, 0.25) is 0 Å². The highest BCUT2D eigenvalue weighted by Crippen LogP contribution is 2.47. The van der Waals surface area contributed by atoms with Crippen LogP contribution in [0.25, 0.3) is 0 Å². The summed E-state index contributed by atoms with van der Waals surface area (Å²) in [6.45, 7) is 3.03. The fourth-order valence-electron chi connectivity index (χ4n) is 2.41. The lowest BCUT2D eigenvalue weighted by Gasteiger charge is -2.38. The molecule has 17 heavy (non-hydrogen) atoms. The average molecular weight is 237 g/mol. The highest BCUT2D eigenvalue weighted by Gasteiger charge is 2.43. The summed E-state index contributed by atoms with van der Waals surface area (Å²) in [5.41, 5.74) is -0.171. The number of carbonyl (C=O) groups excluding carboxylic acids is 1. The van der Waals surface area contributed by atoms with E-state index < -0.39 is 17.2 Å². The molecule has 0 spiro atoms. The van der Waals surface area contributed by atoms with Gasteiger partial charge in [0.25, 0.3) is 0 Å². The molecule has 0 amide bonds. The van der Waals surface area contributed by atoms with Crippen LogP contribution in [0.15, 0.2) is 11.1 Å². The monoisotopic (exact) mass is 237 g/mol. The molecule has 0 heterocycles. The number of isocyanates is 1. The van der Waals surface area contributed by atoms with Gasteiger partial charge in [0.2, 0.25) is 6.08 Å². The molecule has 1 aromatic rings. The summed E-state index contributed by atoms with van der Waals surface area (Å²) in [6, 6.07) is 1.17. The molecule has 0 N–H and O–H groups in total. The third kappa shape index (κ3) is 1.69. The maximum Gasteiger partial charge on any atom is 0.235 e. The molecule has 1 saturated carbocycles. The minimum atomic E-state index is -0.886. The number of hydrogen-bond donors (Lipinski definition) is 0. The first kappa shape index (κ1) is 11.9. The summed E-state index contributed by atoms with van der Waals surface area (Å²) in [4.78, 5) is 14.2. The van der Waals surface area contributed by atoms with Crippen molar-refractivity contribution in [2.45, 2.75) is 38.6 Å². The van der Waals surface area contributed by atoms with Crippen LogP contribution in [-0.4, -0.2) is 6.08 Å². The summed E-state index contributed by atoms with van der Waals surface area (Å²) in [7, 11) is 0. The van der Waals surface area contributed by atoms with Crippen molar-refractivity contribution in [2.24, 2.45) is 4.99 Å². The third-order valence-electron chi connectivity index (χ3n) is 3.55. The smallest absolute Gasteiger partial charge is 0.211 e. The van der Waals surface area contributed by atoms with Gasteiger partial charge in [-0.05, 0) is 50.3 Å². The molecule has 1 fully saturated rings. The number of rotatable bonds is 2. The van der Waals surface area contributed by atoms with Crippen molar-refractivity contribution in [3.63, 3.8) is 0 Å². The highest BCUT2D eigenvalue weighted by atomic mass is 19.1. The van der Waals surface area contributed by atoms with Gasteiger partial charge in [-0.2, -0.15) is 4.99 Å². The molecule has 0 atom stereocenters. The maximum absolute atomic E-state index is 14.1. The fourth-order valence-corrected chi connectivity index (χ4v) is 2.41. The second-order valence-corrected chi connectivity index (χ2v) is 4.58. The van der Waals surface area contributed by atoms with Crippen molar-refractivity contribution in [2.75, 3.05) is 0 Å². The van der Waals surface area contributed by atoms with Crippen LogP contribution < -0.4 is 0 Å². The van der Waals surface area contributed by atoms with E-state index >= 15 is 0 Å². The topological polar surface area (TPSA) is 29.4 Å². The van der Waals surface area contributed by atoms with E-state index in [0.29, 0.717) is 12.8 Å². The molecule has 0 saturated heterocycles. The first-order valence-electron chi connectivity index (χ1n) is 5.56. The van der Waals surface area contributed by atoms with Gasteiger partial charge < -0.3 is 0 Å². The predicted octanol–water partition coefficient (Wildman–Crippen LogP) is 3.30. The van der Waals surface area contributed by atoms with E-state index in [0.717, 1.165) is 6.42 Å². The summed E-state index contributed by atoms with van der Waals surface area (Å²) >= 11 is 0. The van der Waals surface area contributed by atoms with Crippen LogP contribution in [0.3, 0.4) is 0 Å². The molecule has 0 aliphatic heterocycles. The first-order chi connectivity index (χ1) is 8.02. The van der Waals surface area contributed by atoms with Gasteiger partial charge in [0.15, 0.2) is 0 Å². The number of aliphatic imine (C=N–C) groups is 1. The normalized spacial score (nSPS) is 17.2. The summed E-state index contributed by atoms with van der Waals surface area (Å²) in [5, 5.41) is 0. The van der Waals surface area contributed by atoms with Crippen LogP contribution in [0.4, 0.5) is 8.78 Å². The van der Waals surface area contributed by atoms with E-state index in [4.69, 9.17) is 0 Å². The minimum Gasteiger partial charge on any atom is -0.211 e. The van der Waals surface area contributed by atoms with Crippen LogP contribution in [0.1, 0.15) is 36.0 Å². The minimum absolute atomic E-state index is 0.226. The van der Waals surface area contributed by atoms with Gasteiger partial charge in [0, 0.05) is 5.56 Å². The zero-order valence-corrected chi connectivity index (χ0v) is 9.81. The Bertz CT molecular complexity index is 488. The van der Waals surface area contributed by atoms with Gasteiger partial charge in [-0.25, -0.2) is 13.6 Å². The van der Waals surface area contributed by atoms with E-state index in [-0.39, 0.29) is 16.7 Å². The Balaban J connectivity index is 2.69. The lowest BCUT2D eigenvalue weighted by Crippen LogP contribution is -2.34.